The van der Waals surface area contributed by atoms with Gasteiger partial charge in [-0.2, -0.15) is 0 Å². The molecule has 0 heterocycles. The van der Waals surface area contributed by atoms with Crippen LogP contribution in [0.2, 0.25) is 0 Å². The Kier molecular flexibility index (Phi) is 14.4. The lowest BCUT2D eigenvalue weighted by atomic mass is 10.3. The van der Waals surface area contributed by atoms with Crippen molar-refractivity contribution in [1.82, 2.24) is 5.32 Å². The molecule has 1 amide bonds. The third-order valence-corrected chi connectivity index (χ3v) is 0.982. The molecule has 11 heavy (non-hydrogen) atoms. The Hall–Kier alpha value is -0.570. The summed E-state index contributed by atoms with van der Waals surface area (Å²) in [7, 11) is 0. The Labute approximate surface area is 69.4 Å². The largest absolute Gasteiger partial charge is 0.356 e. The lowest BCUT2D eigenvalue weighted by molar-refractivity contribution is -0.121. The predicted molar refractivity (Wildman–Crippen MR) is 48.3 cm³/mol. The van der Waals surface area contributed by atoms with Gasteiger partial charge in [0.15, 0.2) is 0 Å². The van der Waals surface area contributed by atoms with E-state index >= 15 is 0 Å². The maximum absolute atomic E-state index is 10.6. The highest BCUT2D eigenvalue weighted by Crippen LogP contribution is 1.83. The molecule has 3 N–H and O–H groups in total. The molecule has 0 rings (SSSR count). The SMILES string of the molecule is CC.CCNC(=O)CCCN. The molecular formula is C8H20N2O. The first-order chi connectivity index (χ1) is 5.31. The fourth-order valence-corrected chi connectivity index (χ4v) is 0.548. The molecule has 0 aliphatic heterocycles. The van der Waals surface area contributed by atoms with Crippen LogP contribution in [0.5, 0.6) is 0 Å². The number of carbonyl (C=O) groups is 1. The van der Waals surface area contributed by atoms with Crippen LogP contribution in [0.3, 0.4) is 0 Å². The molecule has 0 spiro atoms. The monoisotopic (exact) mass is 160 g/mol. The van der Waals surface area contributed by atoms with E-state index in [2.05, 4.69) is 5.32 Å². The highest BCUT2D eigenvalue weighted by atomic mass is 16.1. The van der Waals surface area contributed by atoms with Crippen LogP contribution >= 0.6 is 0 Å². The number of amides is 1. The summed E-state index contributed by atoms with van der Waals surface area (Å²) in [5.74, 6) is 0.1000. The Balaban J connectivity index is 0. The van der Waals surface area contributed by atoms with Crippen LogP contribution in [-0.4, -0.2) is 19.0 Å². The fraction of sp³-hybridized carbons (Fsp3) is 0.875. The van der Waals surface area contributed by atoms with Crippen LogP contribution in [0.25, 0.3) is 0 Å². The Bertz CT molecular complexity index is 84.2. The van der Waals surface area contributed by atoms with Crippen LogP contribution in [0.15, 0.2) is 0 Å². The summed E-state index contributed by atoms with van der Waals surface area (Å²) in [4.78, 5) is 10.6. The van der Waals surface area contributed by atoms with E-state index in [1.165, 1.54) is 0 Å². The van der Waals surface area contributed by atoms with Gasteiger partial charge >= 0.3 is 0 Å². The van der Waals surface area contributed by atoms with Gasteiger partial charge in [0.25, 0.3) is 0 Å². The zero-order chi connectivity index (χ0) is 9.11. The minimum absolute atomic E-state index is 0.1000. The molecule has 0 aliphatic carbocycles. The van der Waals surface area contributed by atoms with Gasteiger partial charge in [0, 0.05) is 13.0 Å². The topological polar surface area (TPSA) is 55.1 Å². The Morgan fingerprint density at radius 1 is 1.45 bits per heavy atom. The summed E-state index contributed by atoms with van der Waals surface area (Å²) in [6.07, 6.45) is 1.34. The van der Waals surface area contributed by atoms with Gasteiger partial charge in [-0.15, -0.1) is 0 Å². The summed E-state index contributed by atoms with van der Waals surface area (Å²) in [5.41, 5.74) is 5.19. The highest BCUT2D eigenvalue weighted by Gasteiger charge is 1.95. The zero-order valence-corrected chi connectivity index (χ0v) is 7.81. The third kappa shape index (κ3) is 12.6. The molecule has 3 heteroatoms. The van der Waals surface area contributed by atoms with E-state index in [-0.39, 0.29) is 5.91 Å². The van der Waals surface area contributed by atoms with Gasteiger partial charge in [-0.1, -0.05) is 13.8 Å². The average molecular weight is 160 g/mol. The van der Waals surface area contributed by atoms with Crippen LogP contribution in [0, 0.1) is 0 Å². The summed E-state index contributed by atoms with van der Waals surface area (Å²) < 4.78 is 0. The van der Waals surface area contributed by atoms with Crippen LogP contribution in [-0.2, 0) is 4.79 Å². The van der Waals surface area contributed by atoms with E-state index in [9.17, 15) is 4.79 Å². The molecule has 0 aromatic heterocycles. The predicted octanol–water partition coefficient (Wildman–Crippen LogP) is 0.888. The molecule has 0 fully saturated rings. The third-order valence-electron chi connectivity index (χ3n) is 0.982. The molecule has 0 saturated heterocycles. The van der Waals surface area contributed by atoms with Crippen molar-refractivity contribution in [3.05, 3.63) is 0 Å². The van der Waals surface area contributed by atoms with E-state index in [1.807, 2.05) is 20.8 Å². The first kappa shape index (κ1) is 13.1. The standard InChI is InChI=1S/C6H14N2O.C2H6/c1-2-8-6(9)4-3-5-7;1-2/h2-5,7H2,1H3,(H,8,9);1-2H3. The van der Waals surface area contributed by atoms with Crippen molar-refractivity contribution in [2.24, 2.45) is 5.73 Å². The second-order valence-corrected chi connectivity index (χ2v) is 1.85. The van der Waals surface area contributed by atoms with Crippen molar-refractivity contribution in [2.45, 2.75) is 33.6 Å². The Morgan fingerprint density at radius 3 is 2.36 bits per heavy atom. The molecular weight excluding hydrogens is 140 g/mol. The first-order valence-electron chi connectivity index (χ1n) is 4.28. The second kappa shape index (κ2) is 12.1. The molecule has 0 atom stereocenters. The van der Waals surface area contributed by atoms with Gasteiger partial charge in [-0.25, -0.2) is 0 Å². The second-order valence-electron chi connectivity index (χ2n) is 1.85. The normalized spacial score (nSPS) is 8.00. The quantitative estimate of drug-likeness (QED) is 0.641. The number of rotatable bonds is 4. The maximum atomic E-state index is 10.6. The van der Waals surface area contributed by atoms with Gasteiger partial charge in [0.05, 0.1) is 0 Å². The van der Waals surface area contributed by atoms with E-state index < -0.39 is 0 Å². The van der Waals surface area contributed by atoms with Crippen LogP contribution < -0.4 is 11.1 Å². The van der Waals surface area contributed by atoms with Crippen LogP contribution in [0.1, 0.15) is 33.6 Å². The molecule has 3 nitrogen and oxygen atoms in total. The van der Waals surface area contributed by atoms with Crippen molar-refractivity contribution >= 4 is 5.91 Å². The van der Waals surface area contributed by atoms with E-state index in [4.69, 9.17) is 5.73 Å². The van der Waals surface area contributed by atoms with Gasteiger partial charge in [0.1, 0.15) is 0 Å². The zero-order valence-electron chi connectivity index (χ0n) is 7.81. The molecule has 0 saturated carbocycles. The van der Waals surface area contributed by atoms with Gasteiger partial charge in [-0.3, -0.25) is 4.79 Å². The number of nitrogens with two attached hydrogens (primary N) is 1. The van der Waals surface area contributed by atoms with E-state index in [0.29, 0.717) is 19.5 Å². The Morgan fingerprint density at radius 2 is 2.00 bits per heavy atom. The van der Waals surface area contributed by atoms with Gasteiger partial charge in [-0.05, 0) is 19.9 Å². The molecule has 68 valence electrons. The van der Waals surface area contributed by atoms with Crippen molar-refractivity contribution < 1.29 is 4.79 Å². The van der Waals surface area contributed by atoms with Crippen molar-refractivity contribution in [3.63, 3.8) is 0 Å². The molecule has 0 radical (unpaired) electrons. The maximum Gasteiger partial charge on any atom is 0.220 e. The summed E-state index contributed by atoms with van der Waals surface area (Å²) in [5, 5.41) is 2.69. The van der Waals surface area contributed by atoms with Crippen LogP contribution in [0.4, 0.5) is 0 Å². The number of carbonyl (C=O) groups excluding carboxylic acids is 1. The summed E-state index contributed by atoms with van der Waals surface area (Å²) in [6, 6.07) is 0. The van der Waals surface area contributed by atoms with E-state index in [0.717, 1.165) is 6.42 Å². The minimum atomic E-state index is 0.1000. The lowest BCUT2D eigenvalue weighted by Crippen LogP contribution is -2.22. The van der Waals surface area contributed by atoms with Gasteiger partial charge < -0.3 is 11.1 Å². The first-order valence-corrected chi connectivity index (χ1v) is 4.28. The van der Waals surface area contributed by atoms with Crippen molar-refractivity contribution in [1.29, 1.82) is 0 Å². The highest BCUT2D eigenvalue weighted by molar-refractivity contribution is 5.75. The molecule has 0 aromatic rings. The molecule has 0 aliphatic rings. The summed E-state index contributed by atoms with van der Waals surface area (Å²) in [6.45, 7) is 7.21. The number of hydrogen-bond donors (Lipinski definition) is 2. The minimum Gasteiger partial charge on any atom is -0.356 e. The number of hydrogen-bond acceptors (Lipinski definition) is 2. The molecule has 0 aromatic carbocycles. The average Bonchev–Trinajstić information content (AvgIpc) is 2.05. The van der Waals surface area contributed by atoms with Crippen molar-refractivity contribution in [2.75, 3.05) is 13.1 Å². The van der Waals surface area contributed by atoms with Crippen molar-refractivity contribution in [3.8, 4) is 0 Å². The fourth-order valence-electron chi connectivity index (χ4n) is 0.548. The molecule has 0 bridgehead atoms. The summed E-state index contributed by atoms with van der Waals surface area (Å²) >= 11 is 0. The number of nitrogens with one attached hydrogen (secondary N) is 1. The smallest absolute Gasteiger partial charge is 0.220 e. The van der Waals surface area contributed by atoms with E-state index in [1.54, 1.807) is 0 Å². The lowest BCUT2D eigenvalue weighted by Gasteiger charge is -1.98. The van der Waals surface area contributed by atoms with Gasteiger partial charge in [0.2, 0.25) is 5.91 Å². The molecule has 0 unspecified atom stereocenters.